The monoisotopic (exact) mass is 476 g/mol. The number of carbonyl (C=O) groups is 1. The highest BCUT2D eigenvalue weighted by atomic mass is 32.2. The third-order valence-electron chi connectivity index (χ3n) is 4.65. The highest BCUT2D eigenvalue weighted by Gasteiger charge is 2.06. The van der Waals surface area contributed by atoms with Crippen LogP contribution in [0.5, 0.6) is 5.75 Å². The number of nitrogens with one attached hydrogen (secondary N) is 2. The number of hydrogen-bond acceptors (Lipinski definition) is 8. The molecule has 9 nitrogen and oxygen atoms in total. The van der Waals surface area contributed by atoms with Gasteiger partial charge < -0.3 is 25.8 Å². The maximum absolute atomic E-state index is 11.0. The van der Waals surface area contributed by atoms with Crippen LogP contribution in [0.2, 0.25) is 0 Å². The van der Waals surface area contributed by atoms with Gasteiger partial charge in [-0.25, -0.2) is 4.98 Å². The molecule has 0 bridgehead atoms. The molecule has 174 valence electrons. The third kappa shape index (κ3) is 6.20. The van der Waals surface area contributed by atoms with E-state index in [-0.39, 0.29) is 10.6 Å². The van der Waals surface area contributed by atoms with Crippen molar-refractivity contribution < 1.29 is 18.3 Å². The molecule has 10 heteroatoms. The van der Waals surface area contributed by atoms with Crippen molar-refractivity contribution in [3.8, 4) is 17.6 Å². The van der Waals surface area contributed by atoms with Crippen molar-refractivity contribution in [2.45, 2.75) is 4.90 Å². The Morgan fingerprint density at radius 3 is 2.71 bits per heavy atom. The Morgan fingerprint density at radius 2 is 2.06 bits per heavy atom. The van der Waals surface area contributed by atoms with E-state index in [0.29, 0.717) is 23.4 Å². The minimum atomic E-state index is -2.31. The number of benzene rings is 2. The Labute approximate surface area is 199 Å². The van der Waals surface area contributed by atoms with Crippen molar-refractivity contribution in [2.75, 3.05) is 19.1 Å². The number of hydrazine groups is 1. The van der Waals surface area contributed by atoms with E-state index in [4.69, 9.17) is 16.3 Å². The SMILES string of the molecule is COc1cc(C#CC2=CC=CNC2)ccc1S(=O)[O-].NNc1cccc2nc(C(N)=O)ccc12. The molecule has 1 amide bonds. The number of nitrogen functional groups attached to an aromatic ring is 1. The summed E-state index contributed by atoms with van der Waals surface area (Å²) in [6, 6.07) is 13.5. The molecule has 1 unspecified atom stereocenters. The van der Waals surface area contributed by atoms with E-state index in [1.54, 1.807) is 36.4 Å². The molecule has 3 aromatic rings. The van der Waals surface area contributed by atoms with Gasteiger partial charge in [0.1, 0.15) is 11.4 Å². The lowest BCUT2D eigenvalue weighted by molar-refractivity contribution is 0.0996. The summed E-state index contributed by atoms with van der Waals surface area (Å²) >= 11 is -2.31. The van der Waals surface area contributed by atoms with E-state index < -0.39 is 17.0 Å². The van der Waals surface area contributed by atoms with Crippen molar-refractivity contribution in [2.24, 2.45) is 11.6 Å². The summed E-state index contributed by atoms with van der Waals surface area (Å²) in [6.07, 6.45) is 5.67. The minimum absolute atomic E-state index is 0.134. The Bertz CT molecular complexity index is 1360. The van der Waals surface area contributed by atoms with Crippen LogP contribution in [0, 0.1) is 11.8 Å². The van der Waals surface area contributed by atoms with E-state index in [2.05, 4.69) is 27.6 Å². The van der Waals surface area contributed by atoms with Gasteiger partial charge in [-0.15, -0.1) is 0 Å². The van der Waals surface area contributed by atoms with Crippen LogP contribution in [0.3, 0.4) is 0 Å². The van der Waals surface area contributed by atoms with Crippen LogP contribution in [0.1, 0.15) is 16.1 Å². The molecule has 2 aromatic carbocycles. The summed E-state index contributed by atoms with van der Waals surface area (Å²) in [5, 5.41) is 3.91. The molecule has 0 aliphatic carbocycles. The maximum atomic E-state index is 11.0. The molecule has 4 rings (SSSR count). The van der Waals surface area contributed by atoms with Crippen molar-refractivity contribution in [1.29, 1.82) is 0 Å². The topological polar surface area (TPSA) is 155 Å². The Balaban J connectivity index is 0.000000196. The second-order valence-electron chi connectivity index (χ2n) is 6.86. The second-order valence-corrected chi connectivity index (χ2v) is 7.77. The van der Waals surface area contributed by atoms with Gasteiger partial charge in [0.15, 0.2) is 0 Å². The maximum Gasteiger partial charge on any atom is 0.267 e. The predicted molar refractivity (Wildman–Crippen MR) is 130 cm³/mol. The van der Waals surface area contributed by atoms with Gasteiger partial charge in [-0.3, -0.25) is 14.8 Å². The summed E-state index contributed by atoms with van der Waals surface area (Å²) in [4.78, 5) is 15.2. The number of nitrogens with zero attached hydrogens (tertiary/aromatic N) is 1. The van der Waals surface area contributed by atoms with Gasteiger partial charge in [-0.05, 0) is 71.9 Å². The van der Waals surface area contributed by atoms with E-state index in [1.807, 2.05) is 24.4 Å². The Kier molecular flexibility index (Phi) is 8.37. The first-order chi connectivity index (χ1) is 16.4. The van der Waals surface area contributed by atoms with Crippen LogP contribution < -0.4 is 27.1 Å². The number of amides is 1. The van der Waals surface area contributed by atoms with Gasteiger partial charge in [0.25, 0.3) is 5.91 Å². The number of dihydropyridines is 1. The molecule has 0 saturated heterocycles. The van der Waals surface area contributed by atoms with Crippen LogP contribution in [0.15, 0.2) is 77.4 Å². The standard InChI is InChI=1S/C14H13NO3S.C10H10N4O/c1-18-13-9-11(6-7-14(13)19(16)17)4-5-12-3-2-8-15-10-12;11-10(15)9-5-4-6-7(13-9)2-1-3-8(6)14-12/h2-3,6-9,15H,10H2,1H3,(H,16,17);1-5,14H,12H2,(H2,11,15)/p-1. The van der Waals surface area contributed by atoms with E-state index in [0.717, 1.165) is 16.6 Å². The van der Waals surface area contributed by atoms with Gasteiger partial charge in [-0.1, -0.05) is 17.9 Å². The summed E-state index contributed by atoms with van der Waals surface area (Å²) in [7, 11) is 1.43. The first kappa shape index (κ1) is 24.5. The lowest BCUT2D eigenvalue weighted by Gasteiger charge is -2.10. The lowest BCUT2D eigenvalue weighted by Crippen LogP contribution is -2.13. The molecule has 1 aliphatic heterocycles. The zero-order valence-corrected chi connectivity index (χ0v) is 19.0. The molecule has 1 atom stereocenters. The van der Waals surface area contributed by atoms with E-state index in [1.165, 1.54) is 13.2 Å². The molecule has 0 fully saturated rings. The Morgan fingerprint density at radius 1 is 1.24 bits per heavy atom. The number of hydrogen-bond donors (Lipinski definition) is 4. The van der Waals surface area contributed by atoms with Crippen LogP contribution >= 0.6 is 0 Å². The molecule has 2 heterocycles. The summed E-state index contributed by atoms with van der Waals surface area (Å²) in [5.74, 6) is 11.1. The number of nitrogens with two attached hydrogens (primary N) is 2. The number of allylic oxidation sites excluding steroid dienone is 2. The molecule has 34 heavy (non-hydrogen) atoms. The first-order valence-electron chi connectivity index (χ1n) is 9.97. The molecule has 0 spiro atoms. The number of fused-ring (bicyclic) bond motifs is 1. The molecule has 0 saturated carbocycles. The predicted octanol–water partition coefficient (Wildman–Crippen LogP) is 1.95. The number of methoxy groups -OCH3 is 1. The third-order valence-corrected chi connectivity index (χ3v) is 5.35. The summed E-state index contributed by atoms with van der Waals surface area (Å²) in [6.45, 7) is 0.698. The Hall–Kier alpha value is -4.17. The van der Waals surface area contributed by atoms with Gasteiger partial charge in [0.2, 0.25) is 0 Å². The largest absolute Gasteiger partial charge is 0.768 e. The van der Waals surface area contributed by atoms with Crippen LogP contribution in [-0.4, -0.2) is 33.3 Å². The lowest BCUT2D eigenvalue weighted by atomic mass is 10.1. The fraction of sp³-hybridized carbons (Fsp3) is 0.0833. The van der Waals surface area contributed by atoms with Gasteiger partial charge >= 0.3 is 0 Å². The smallest absolute Gasteiger partial charge is 0.267 e. The average Bonchev–Trinajstić information content (AvgIpc) is 2.87. The number of aromatic nitrogens is 1. The van der Waals surface area contributed by atoms with Crippen LogP contribution in [-0.2, 0) is 11.1 Å². The molecular formula is C24H22N5O4S-. The van der Waals surface area contributed by atoms with Crippen LogP contribution in [0.25, 0.3) is 10.9 Å². The van der Waals surface area contributed by atoms with Gasteiger partial charge in [0, 0.05) is 23.1 Å². The van der Waals surface area contributed by atoms with E-state index >= 15 is 0 Å². The second kappa shape index (κ2) is 11.6. The number of primary amides is 1. The van der Waals surface area contributed by atoms with Crippen molar-refractivity contribution in [3.63, 3.8) is 0 Å². The zero-order chi connectivity index (χ0) is 24.5. The minimum Gasteiger partial charge on any atom is -0.768 e. The zero-order valence-electron chi connectivity index (χ0n) is 18.2. The molecule has 0 radical (unpaired) electrons. The number of anilines is 1. The summed E-state index contributed by atoms with van der Waals surface area (Å²) < 4.78 is 27.0. The number of ether oxygens (including phenoxy) is 1. The number of carbonyl (C=O) groups excluding carboxylic acids is 1. The van der Waals surface area contributed by atoms with E-state index in [9.17, 15) is 13.6 Å². The van der Waals surface area contributed by atoms with Gasteiger partial charge in [-0.2, -0.15) is 0 Å². The number of rotatable bonds is 4. The highest BCUT2D eigenvalue weighted by molar-refractivity contribution is 7.79. The molecular weight excluding hydrogens is 454 g/mol. The highest BCUT2D eigenvalue weighted by Crippen LogP contribution is 2.23. The molecule has 6 N–H and O–H groups in total. The number of pyridine rings is 1. The van der Waals surface area contributed by atoms with Gasteiger partial charge in [0.05, 0.1) is 23.2 Å². The first-order valence-corrected chi connectivity index (χ1v) is 11.0. The summed E-state index contributed by atoms with van der Waals surface area (Å²) in [5.41, 5.74) is 11.1. The fourth-order valence-electron chi connectivity index (χ4n) is 3.00. The van der Waals surface area contributed by atoms with Crippen molar-refractivity contribution in [3.05, 3.63) is 83.7 Å². The molecule has 1 aliphatic rings. The van der Waals surface area contributed by atoms with Crippen LogP contribution in [0.4, 0.5) is 5.69 Å². The molecule has 1 aromatic heterocycles. The van der Waals surface area contributed by atoms with Crippen molar-refractivity contribution in [1.82, 2.24) is 10.3 Å². The average molecular weight is 477 g/mol. The fourth-order valence-corrected chi connectivity index (χ4v) is 3.49. The normalized spacial score (nSPS) is 12.7. The quantitative estimate of drug-likeness (QED) is 0.193. The van der Waals surface area contributed by atoms with Crippen molar-refractivity contribution >= 4 is 33.6 Å².